The lowest BCUT2D eigenvalue weighted by molar-refractivity contribution is 0.243. The molecule has 0 amide bonds. The van der Waals surface area contributed by atoms with Gasteiger partial charge in [0, 0.05) is 4.91 Å². The largest absolute Gasteiger partial charge is 0.491 e. The van der Waals surface area contributed by atoms with Crippen LogP contribution in [-0.2, 0) is 0 Å². The smallest absolute Gasteiger partial charge is 0.129 e. The van der Waals surface area contributed by atoms with Crippen molar-refractivity contribution in [3.63, 3.8) is 0 Å². The molecule has 0 aliphatic rings. The van der Waals surface area contributed by atoms with Crippen molar-refractivity contribution >= 4 is 5.69 Å². The monoisotopic (exact) mass is 195 g/mol. The van der Waals surface area contributed by atoms with Gasteiger partial charge in [-0.05, 0) is 37.6 Å². The standard InChI is InChI=1S/C9H10FN3O/c1-6(2)14-9-4-3-7(10)5-8(9)12-13-11/h3-6H,1-2H3. The minimum Gasteiger partial charge on any atom is -0.491 e. The second-order valence-electron chi connectivity index (χ2n) is 2.97. The highest BCUT2D eigenvalue weighted by Crippen LogP contribution is 2.29. The average Bonchev–Trinajstić information content (AvgIpc) is 2.09. The lowest BCUT2D eigenvalue weighted by atomic mass is 10.3. The van der Waals surface area contributed by atoms with Gasteiger partial charge in [0.05, 0.1) is 11.8 Å². The van der Waals surface area contributed by atoms with Crippen LogP contribution < -0.4 is 4.74 Å². The van der Waals surface area contributed by atoms with E-state index in [2.05, 4.69) is 10.0 Å². The van der Waals surface area contributed by atoms with Gasteiger partial charge in [-0.1, -0.05) is 5.11 Å². The Bertz CT molecular complexity index is 372. The maximum Gasteiger partial charge on any atom is 0.129 e. The second kappa shape index (κ2) is 4.48. The molecule has 0 radical (unpaired) electrons. The predicted octanol–water partition coefficient (Wildman–Crippen LogP) is 3.55. The molecular weight excluding hydrogens is 185 g/mol. The summed E-state index contributed by atoms with van der Waals surface area (Å²) in [6, 6.07) is 3.84. The summed E-state index contributed by atoms with van der Waals surface area (Å²) < 4.78 is 18.1. The highest BCUT2D eigenvalue weighted by atomic mass is 19.1. The normalized spacial score (nSPS) is 9.71. The number of nitrogens with zero attached hydrogens (tertiary/aromatic N) is 3. The first-order chi connectivity index (χ1) is 6.63. The zero-order chi connectivity index (χ0) is 10.6. The van der Waals surface area contributed by atoms with Crippen LogP contribution in [0.25, 0.3) is 10.4 Å². The third-order valence-corrected chi connectivity index (χ3v) is 1.44. The van der Waals surface area contributed by atoms with Crippen LogP contribution in [0.3, 0.4) is 0 Å². The molecule has 0 spiro atoms. The number of benzene rings is 1. The number of ether oxygens (including phenoxy) is 1. The Kier molecular flexibility index (Phi) is 3.31. The second-order valence-corrected chi connectivity index (χ2v) is 2.97. The van der Waals surface area contributed by atoms with E-state index >= 15 is 0 Å². The molecule has 0 N–H and O–H groups in total. The van der Waals surface area contributed by atoms with Crippen LogP contribution in [-0.4, -0.2) is 6.10 Å². The van der Waals surface area contributed by atoms with Gasteiger partial charge in [-0.15, -0.1) is 0 Å². The Balaban J connectivity index is 3.07. The molecule has 1 rings (SSSR count). The molecule has 14 heavy (non-hydrogen) atoms. The lowest BCUT2D eigenvalue weighted by Gasteiger charge is -2.11. The van der Waals surface area contributed by atoms with Crippen LogP contribution in [0, 0.1) is 5.82 Å². The van der Waals surface area contributed by atoms with Crippen LogP contribution in [0.1, 0.15) is 13.8 Å². The van der Waals surface area contributed by atoms with E-state index in [0.717, 1.165) is 6.07 Å². The minimum absolute atomic E-state index is 0.0481. The van der Waals surface area contributed by atoms with E-state index in [-0.39, 0.29) is 11.8 Å². The maximum atomic E-state index is 12.8. The van der Waals surface area contributed by atoms with Crippen LogP contribution >= 0.6 is 0 Å². The van der Waals surface area contributed by atoms with Gasteiger partial charge in [0.2, 0.25) is 0 Å². The molecule has 0 bridgehead atoms. The molecule has 1 aromatic carbocycles. The molecule has 0 atom stereocenters. The molecule has 74 valence electrons. The van der Waals surface area contributed by atoms with E-state index in [1.165, 1.54) is 12.1 Å². The summed E-state index contributed by atoms with van der Waals surface area (Å²) in [5, 5.41) is 3.34. The van der Waals surface area contributed by atoms with Crippen LogP contribution in [0.15, 0.2) is 23.3 Å². The highest BCUT2D eigenvalue weighted by Gasteiger charge is 2.05. The fourth-order valence-electron chi connectivity index (χ4n) is 0.970. The van der Waals surface area contributed by atoms with E-state index in [1.54, 1.807) is 0 Å². The first-order valence-corrected chi connectivity index (χ1v) is 4.15. The van der Waals surface area contributed by atoms with Crippen molar-refractivity contribution in [2.45, 2.75) is 20.0 Å². The zero-order valence-corrected chi connectivity index (χ0v) is 7.94. The molecule has 4 nitrogen and oxygen atoms in total. The summed E-state index contributed by atoms with van der Waals surface area (Å²) in [6.45, 7) is 3.67. The van der Waals surface area contributed by atoms with E-state index < -0.39 is 5.82 Å². The average molecular weight is 195 g/mol. The highest BCUT2D eigenvalue weighted by molar-refractivity contribution is 5.51. The van der Waals surface area contributed by atoms with Gasteiger partial charge in [-0.2, -0.15) is 0 Å². The summed E-state index contributed by atoms with van der Waals surface area (Å²) >= 11 is 0. The summed E-state index contributed by atoms with van der Waals surface area (Å²) in [4.78, 5) is 2.59. The molecule has 0 fully saturated rings. The van der Waals surface area contributed by atoms with E-state index in [1.807, 2.05) is 13.8 Å². The molecule has 0 aliphatic carbocycles. The molecule has 0 saturated carbocycles. The third-order valence-electron chi connectivity index (χ3n) is 1.44. The van der Waals surface area contributed by atoms with Crippen molar-refractivity contribution in [3.8, 4) is 5.75 Å². The summed E-state index contributed by atoms with van der Waals surface area (Å²) in [5.41, 5.74) is 8.42. The third kappa shape index (κ3) is 2.64. The molecule has 0 saturated heterocycles. The summed E-state index contributed by atoms with van der Waals surface area (Å²) in [7, 11) is 0. The Hall–Kier alpha value is -1.74. The Morgan fingerprint density at radius 1 is 1.50 bits per heavy atom. The molecule has 5 heteroatoms. The number of rotatable bonds is 3. The first kappa shape index (κ1) is 10.3. The molecule has 0 aliphatic heterocycles. The molecule has 0 aromatic heterocycles. The van der Waals surface area contributed by atoms with Crippen molar-refractivity contribution in [1.29, 1.82) is 0 Å². The molecule has 1 aromatic rings. The van der Waals surface area contributed by atoms with Gasteiger partial charge < -0.3 is 4.74 Å². The quantitative estimate of drug-likeness (QED) is 0.413. The predicted molar refractivity (Wildman–Crippen MR) is 51.0 cm³/mol. The number of hydrogen-bond donors (Lipinski definition) is 0. The number of hydrogen-bond acceptors (Lipinski definition) is 2. The van der Waals surface area contributed by atoms with Gasteiger partial charge in [-0.25, -0.2) is 4.39 Å². The van der Waals surface area contributed by atoms with Gasteiger partial charge in [0.25, 0.3) is 0 Å². The number of halogens is 1. The Labute approximate surface area is 80.9 Å². The van der Waals surface area contributed by atoms with Gasteiger partial charge in [0.15, 0.2) is 0 Å². The van der Waals surface area contributed by atoms with Crippen LogP contribution in [0.5, 0.6) is 5.75 Å². The van der Waals surface area contributed by atoms with Crippen molar-refractivity contribution in [2.24, 2.45) is 5.11 Å². The first-order valence-electron chi connectivity index (χ1n) is 4.15. The van der Waals surface area contributed by atoms with Crippen molar-refractivity contribution in [1.82, 2.24) is 0 Å². The Morgan fingerprint density at radius 3 is 2.79 bits per heavy atom. The number of azide groups is 1. The molecule has 0 heterocycles. The molecular formula is C9H10FN3O. The van der Waals surface area contributed by atoms with E-state index in [4.69, 9.17) is 10.3 Å². The fourth-order valence-corrected chi connectivity index (χ4v) is 0.970. The fraction of sp³-hybridized carbons (Fsp3) is 0.333. The van der Waals surface area contributed by atoms with Gasteiger partial charge in [0.1, 0.15) is 11.6 Å². The topological polar surface area (TPSA) is 58.0 Å². The SMILES string of the molecule is CC(C)Oc1ccc(F)cc1N=[N+]=[N-]. The van der Waals surface area contributed by atoms with E-state index in [9.17, 15) is 4.39 Å². The van der Waals surface area contributed by atoms with E-state index in [0.29, 0.717) is 5.75 Å². The summed E-state index contributed by atoms with van der Waals surface area (Å²) in [5.74, 6) is -0.0669. The van der Waals surface area contributed by atoms with Crippen LogP contribution in [0.2, 0.25) is 0 Å². The maximum absolute atomic E-state index is 12.8. The van der Waals surface area contributed by atoms with Crippen molar-refractivity contribution < 1.29 is 9.13 Å². The van der Waals surface area contributed by atoms with Gasteiger partial charge in [-0.3, -0.25) is 0 Å². The Morgan fingerprint density at radius 2 is 2.21 bits per heavy atom. The lowest BCUT2D eigenvalue weighted by Crippen LogP contribution is -2.05. The summed E-state index contributed by atoms with van der Waals surface area (Å²) in [6.07, 6.45) is -0.0481. The minimum atomic E-state index is -0.455. The van der Waals surface area contributed by atoms with Crippen molar-refractivity contribution in [3.05, 3.63) is 34.5 Å². The zero-order valence-electron chi connectivity index (χ0n) is 7.94. The van der Waals surface area contributed by atoms with Gasteiger partial charge >= 0.3 is 0 Å². The van der Waals surface area contributed by atoms with Crippen LogP contribution in [0.4, 0.5) is 10.1 Å². The van der Waals surface area contributed by atoms with Crippen molar-refractivity contribution in [2.75, 3.05) is 0 Å². The molecule has 0 unspecified atom stereocenters.